The molecule has 0 amide bonds. The van der Waals surface area contributed by atoms with Gasteiger partial charge in [0.15, 0.2) is 0 Å². The smallest absolute Gasteiger partial charge is 0.400 e. The van der Waals surface area contributed by atoms with Gasteiger partial charge < -0.3 is 5.11 Å². The van der Waals surface area contributed by atoms with Gasteiger partial charge in [-0.25, -0.2) is 0 Å². The quantitative estimate of drug-likeness (QED) is 0.714. The van der Waals surface area contributed by atoms with Gasteiger partial charge in [0.2, 0.25) is 0 Å². The molecule has 0 saturated carbocycles. The Balaban J connectivity index is 0.000000791. The van der Waals surface area contributed by atoms with E-state index in [0.717, 1.165) is 31.4 Å². The Morgan fingerprint density at radius 3 is 1.86 bits per heavy atom. The molecule has 0 heterocycles. The Kier molecular flexibility index (Phi) is 4.86. The van der Waals surface area contributed by atoms with Gasteiger partial charge in [-0.1, -0.05) is 12.1 Å². The van der Waals surface area contributed by atoms with E-state index in [4.69, 9.17) is 5.11 Å². The number of hydrogen-bond acceptors (Lipinski definition) is 2. The first kappa shape index (κ1) is 12.6. The number of alkyl halides is 3. The standard InChI is InChI=1S/C8H5F3O.CH4O/c9-8(10,11)7-3-1-6(5-12)2-4-7;1-2/h1-5H;2H,1H3. The van der Waals surface area contributed by atoms with Crippen molar-refractivity contribution in [1.29, 1.82) is 0 Å². The first-order valence-electron chi connectivity index (χ1n) is 3.61. The fourth-order valence-corrected chi connectivity index (χ4v) is 0.751. The topological polar surface area (TPSA) is 37.3 Å². The molecule has 78 valence electrons. The zero-order valence-electron chi connectivity index (χ0n) is 7.38. The lowest BCUT2D eigenvalue weighted by atomic mass is 10.1. The van der Waals surface area contributed by atoms with Crippen molar-refractivity contribution >= 4 is 6.29 Å². The normalized spacial score (nSPS) is 10.1. The molecule has 0 aliphatic rings. The van der Waals surface area contributed by atoms with Crippen LogP contribution < -0.4 is 0 Å². The fraction of sp³-hybridized carbons (Fsp3) is 0.222. The molecular weight excluding hydrogens is 197 g/mol. The number of rotatable bonds is 1. The third-order valence-corrected chi connectivity index (χ3v) is 1.37. The number of halogens is 3. The Labute approximate surface area is 79.0 Å². The van der Waals surface area contributed by atoms with Crippen molar-refractivity contribution in [1.82, 2.24) is 0 Å². The van der Waals surface area contributed by atoms with Gasteiger partial charge in [0.1, 0.15) is 6.29 Å². The first-order valence-corrected chi connectivity index (χ1v) is 3.61. The van der Waals surface area contributed by atoms with Gasteiger partial charge in [0, 0.05) is 12.7 Å². The van der Waals surface area contributed by atoms with E-state index in [-0.39, 0.29) is 5.56 Å². The van der Waals surface area contributed by atoms with Crippen molar-refractivity contribution in [2.24, 2.45) is 0 Å². The molecule has 0 spiro atoms. The van der Waals surface area contributed by atoms with Crippen LogP contribution in [0.4, 0.5) is 13.2 Å². The zero-order chi connectivity index (χ0) is 11.2. The molecule has 1 aromatic rings. The van der Waals surface area contributed by atoms with Crippen LogP contribution in [-0.4, -0.2) is 18.5 Å². The molecule has 2 nitrogen and oxygen atoms in total. The minimum absolute atomic E-state index is 0.239. The van der Waals surface area contributed by atoms with E-state index in [1.165, 1.54) is 0 Å². The van der Waals surface area contributed by atoms with Crippen molar-refractivity contribution < 1.29 is 23.1 Å². The molecule has 0 aliphatic carbocycles. The van der Waals surface area contributed by atoms with Crippen molar-refractivity contribution in [2.45, 2.75) is 6.18 Å². The molecule has 14 heavy (non-hydrogen) atoms. The third-order valence-electron chi connectivity index (χ3n) is 1.37. The Morgan fingerprint density at radius 1 is 1.14 bits per heavy atom. The van der Waals surface area contributed by atoms with Crippen LogP contribution in [0.3, 0.4) is 0 Å². The number of hydrogen-bond donors (Lipinski definition) is 1. The van der Waals surface area contributed by atoms with E-state index in [9.17, 15) is 18.0 Å². The van der Waals surface area contributed by atoms with Crippen LogP contribution in [0, 0.1) is 0 Å². The highest BCUT2D eigenvalue weighted by molar-refractivity contribution is 5.74. The number of aliphatic hydroxyl groups excluding tert-OH is 1. The van der Waals surface area contributed by atoms with E-state index < -0.39 is 11.7 Å². The van der Waals surface area contributed by atoms with Crippen LogP contribution in [0.5, 0.6) is 0 Å². The summed E-state index contributed by atoms with van der Waals surface area (Å²) in [6.45, 7) is 0. The second kappa shape index (κ2) is 5.39. The molecule has 0 aromatic heterocycles. The average molecular weight is 206 g/mol. The summed E-state index contributed by atoms with van der Waals surface area (Å²) in [7, 11) is 1.00. The van der Waals surface area contributed by atoms with Crippen molar-refractivity contribution in [3.05, 3.63) is 35.4 Å². The average Bonchev–Trinajstić information content (AvgIpc) is 2.20. The summed E-state index contributed by atoms with van der Waals surface area (Å²) in [5.41, 5.74) is -0.504. The predicted molar refractivity (Wildman–Crippen MR) is 45.0 cm³/mol. The van der Waals surface area contributed by atoms with Gasteiger partial charge in [-0.3, -0.25) is 4.79 Å². The molecule has 0 bridgehead atoms. The molecule has 0 atom stereocenters. The van der Waals surface area contributed by atoms with Crippen molar-refractivity contribution in [2.75, 3.05) is 7.11 Å². The minimum Gasteiger partial charge on any atom is -0.400 e. The maximum atomic E-state index is 11.9. The lowest BCUT2D eigenvalue weighted by Crippen LogP contribution is -2.04. The zero-order valence-corrected chi connectivity index (χ0v) is 7.38. The molecule has 0 aliphatic heterocycles. The highest BCUT2D eigenvalue weighted by atomic mass is 19.4. The molecule has 0 saturated heterocycles. The maximum absolute atomic E-state index is 11.9. The number of carbonyl (C=O) groups excluding carboxylic acids is 1. The monoisotopic (exact) mass is 206 g/mol. The predicted octanol–water partition coefficient (Wildman–Crippen LogP) is 2.13. The molecular formula is C9H9F3O2. The summed E-state index contributed by atoms with van der Waals surface area (Å²) in [5.74, 6) is 0. The van der Waals surface area contributed by atoms with Gasteiger partial charge in [-0.15, -0.1) is 0 Å². The lowest BCUT2D eigenvalue weighted by Gasteiger charge is -2.04. The van der Waals surface area contributed by atoms with E-state index in [1.54, 1.807) is 0 Å². The highest BCUT2D eigenvalue weighted by Gasteiger charge is 2.29. The fourth-order valence-electron chi connectivity index (χ4n) is 0.751. The van der Waals surface area contributed by atoms with E-state index in [1.807, 2.05) is 0 Å². The van der Waals surface area contributed by atoms with E-state index in [0.29, 0.717) is 6.29 Å². The lowest BCUT2D eigenvalue weighted by molar-refractivity contribution is -0.137. The summed E-state index contributed by atoms with van der Waals surface area (Å²) in [4.78, 5) is 10.1. The Morgan fingerprint density at radius 2 is 1.57 bits per heavy atom. The number of carbonyl (C=O) groups is 1. The number of benzene rings is 1. The van der Waals surface area contributed by atoms with E-state index in [2.05, 4.69) is 0 Å². The SMILES string of the molecule is CO.O=Cc1ccc(C(F)(F)F)cc1. The molecule has 5 heteroatoms. The van der Waals surface area contributed by atoms with Crippen LogP contribution in [0.2, 0.25) is 0 Å². The number of aldehydes is 1. The molecule has 0 fully saturated rings. The van der Waals surface area contributed by atoms with Gasteiger partial charge in [-0.05, 0) is 12.1 Å². The largest absolute Gasteiger partial charge is 0.416 e. The molecule has 1 N–H and O–H groups in total. The van der Waals surface area contributed by atoms with Gasteiger partial charge >= 0.3 is 6.18 Å². The van der Waals surface area contributed by atoms with E-state index >= 15 is 0 Å². The van der Waals surface area contributed by atoms with Gasteiger partial charge in [0.05, 0.1) is 5.56 Å². The van der Waals surface area contributed by atoms with Crippen molar-refractivity contribution in [3.8, 4) is 0 Å². The van der Waals surface area contributed by atoms with Crippen LogP contribution in [0.15, 0.2) is 24.3 Å². The highest BCUT2D eigenvalue weighted by Crippen LogP contribution is 2.28. The molecule has 1 rings (SSSR count). The van der Waals surface area contributed by atoms with Crippen LogP contribution >= 0.6 is 0 Å². The first-order chi connectivity index (χ1) is 6.54. The summed E-state index contributed by atoms with van der Waals surface area (Å²) < 4.78 is 35.8. The summed E-state index contributed by atoms with van der Waals surface area (Å²) in [6.07, 6.45) is -3.83. The summed E-state index contributed by atoms with van der Waals surface area (Å²) >= 11 is 0. The maximum Gasteiger partial charge on any atom is 0.416 e. The second-order valence-electron chi connectivity index (χ2n) is 2.24. The Bertz CT molecular complexity index is 277. The minimum atomic E-state index is -4.33. The van der Waals surface area contributed by atoms with Crippen LogP contribution in [-0.2, 0) is 6.18 Å². The van der Waals surface area contributed by atoms with Crippen LogP contribution in [0.1, 0.15) is 15.9 Å². The molecule has 1 aromatic carbocycles. The van der Waals surface area contributed by atoms with Crippen molar-refractivity contribution in [3.63, 3.8) is 0 Å². The van der Waals surface area contributed by atoms with Gasteiger partial charge in [0.25, 0.3) is 0 Å². The number of aliphatic hydroxyl groups is 1. The Hall–Kier alpha value is -1.36. The second-order valence-corrected chi connectivity index (χ2v) is 2.24. The summed E-state index contributed by atoms with van der Waals surface area (Å²) in [5, 5.41) is 7.00. The summed E-state index contributed by atoms with van der Waals surface area (Å²) in [6, 6.07) is 4.03. The molecule has 0 radical (unpaired) electrons. The van der Waals surface area contributed by atoms with Crippen LogP contribution in [0.25, 0.3) is 0 Å². The van der Waals surface area contributed by atoms with Gasteiger partial charge in [-0.2, -0.15) is 13.2 Å². The third kappa shape index (κ3) is 3.57. The molecule has 0 unspecified atom stereocenters.